The molecule has 2 rings (SSSR count). The van der Waals surface area contributed by atoms with E-state index in [2.05, 4.69) is 37.4 Å². The number of thioether (sulfide) groups is 1. The maximum atomic E-state index is 11.9. The summed E-state index contributed by atoms with van der Waals surface area (Å²) in [5.74, 6) is 0.360. The fraction of sp³-hybridized carbons (Fsp3) is 0.333. The van der Waals surface area contributed by atoms with Crippen molar-refractivity contribution < 1.29 is 19.1 Å². The fourth-order valence-electron chi connectivity index (χ4n) is 2.18. The number of carboxylic acid groups (broad SMARTS) is 1. The van der Waals surface area contributed by atoms with Crippen LogP contribution in [0.2, 0.25) is 0 Å². The minimum Gasteiger partial charge on any atom is -0.478 e. The van der Waals surface area contributed by atoms with E-state index in [1.54, 1.807) is 18.7 Å². The summed E-state index contributed by atoms with van der Waals surface area (Å²) >= 11 is 1.64. The molecule has 6 heteroatoms. The third-order valence-corrected chi connectivity index (χ3v) is 4.73. The van der Waals surface area contributed by atoms with Crippen molar-refractivity contribution >= 4 is 23.6 Å². The Morgan fingerprint density at radius 1 is 1.17 bits per heavy atom. The van der Waals surface area contributed by atoms with Crippen LogP contribution in [0.15, 0.2) is 33.6 Å². The lowest BCUT2D eigenvalue weighted by molar-refractivity contribution is -0.120. The molecule has 0 unspecified atom stereocenters. The number of amides is 1. The average Bonchev–Trinajstić information content (AvgIpc) is 2.90. The van der Waals surface area contributed by atoms with E-state index in [1.807, 2.05) is 0 Å². The Labute approximate surface area is 145 Å². The molecule has 1 heterocycles. The summed E-state index contributed by atoms with van der Waals surface area (Å²) in [7, 11) is 0. The predicted molar refractivity (Wildman–Crippen MR) is 93.5 cm³/mol. The van der Waals surface area contributed by atoms with E-state index >= 15 is 0 Å². The maximum Gasteiger partial charge on any atom is 0.339 e. The van der Waals surface area contributed by atoms with Crippen LogP contribution in [0.3, 0.4) is 0 Å². The number of rotatable bonds is 7. The van der Waals surface area contributed by atoms with E-state index in [0.717, 1.165) is 4.90 Å². The third kappa shape index (κ3) is 4.89. The van der Waals surface area contributed by atoms with Gasteiger partial charge in [0, 0.05) is 17.1 Å². The first-order chi connectivity index (χ1) is 11.4. The molecule has 24 heavy (non-hydrogen) atoms. The maximum absolute atomic E-state index is 11.9. The summed E-state index contributed by atoms with van der Waals surface area (Å²) in [6.07, 6.45) is 0.392. The topological polar surface area (TPSA) is 79.5 Å². The smallest absolute Gasteiger partial charge is 0.339 e. The van der Waals surface area contributed by atoms with Gasteiger partial charge in [-0.1, -0.05) is 6.07 Å². The van der Waals surface area contributed by atoms with Gasteiger partial charge in [0.15, 0.2) is 0 Å². The summed E-state index contributed by atoms with van der Waals surface area (Å²) in [6.45, 7) is 5.93. The largest absolute Gasteiger partial charge is 0.478 e. The molecule has 1 aromatic carbocycles. The second-order valence-corrected chi connectivity index (χ2v) is 6.78. The van der Waals surface area contributed by atoms with Crippen molar-refractivity contribution in [1.82, 2.24) is 5.32 Å². The van der Waals surface area contributed by atoms with Crippen LogP contribution in [-0.4, -0.2) is 22.7 Å². The highest BCUT2D eigenvalue weighted by molar-refractivity contribution is 7.99. The minimum absolute atomic E-state index is 0.0859. The molecule has 0 radical (unpaired) electrons. The SMILES string of the molecule is Cc1ccc(SCCC(=O)NCc2cc(C(=O)O)c(C)o2)cc1C. The number of furan rings is 1. The van der Waals surface area contributed by atoms with E-state index < -0.39 is 5.97 Å². The van der Waals surface area contributed by atoms with E-state index in [0.29, 0.717) is 23.7 Å². The van der Waals surface area contributed by atoms with Gasteiger partial charge in [-0.2, -0.15) is 0 Å². The molecule has 0 aliphatic carbocycles. The molecule has 0 fully saturated rings. The Morgan fingerprint density at radius 3 is 2.54 bits per heavy atom. The van der Waals surface area contributed by atoms with Crippen LogP contribution in [0, 0.1) is 20.8 Å². The zero-order valence-electron chi connectivity index (χ0n) is 14.0. The highest BCUT2D eigenvalue weighted by atomic mass is 32.2. The minimum atomic E-state index is -1.03. The number of nitrogens with one attached hydrogen (secondary N) is 1. The van der Waals surface area contributed by atoms with Crippen LogP contribution < -0.4 is 5.32 Å². The number of aromatic carboxylic acids is 1. The Hall–Kier alpha value is -2.21. The van der Waals surface area contributed by atoms with Crippen LogP contribution in [0.5, 0.6) is 0 Å². The first kappa shape index (κ1) is 18.1. The second kappa shape index (κ2) is 8.06. The van der Waals surface area contributed by atoms with Gasteiger partial charge in [-0.25, -0.2) is 4.79 Å². The molecule has 0 saturated heterocycles. The van der Waals surface area contributed by atoms with Crippen LogP contribution in [0.25, 0.3) is 0 Å². The van der Waals surface area contributed by atoms with Crippen molar-refractivity contribution in [2.24, 2.45) is 0 Å². The van der Waals surface area contributed by atoms with Gasteiger partial charge in [0.05, 0.1) is 6.54 Å². The normalized spacial score (nSPS) is 10.6. The number of hydrogen-bond acceptors (Lipinski definition) is 4. The van der Waals surface area contributed by atoms with Crippen molar-refractivity contribution in [3.63, 3.8) is 0 Å². The Balaban J connectivity index is 1.76. The standard InChI is InChI=1S/C18H21NO4S/c1-11-4-5-15(8-12(11)2)24-7-6-17(20)19-10-14-9-16(18(21)22)13(3)23-14/h4-5,8-9H,6-7,10H2,1-3H3,(H,19,20)(H,21,22). The first-order valence-electron chi connectivity index (χ1n) is 7.66. The average molecular weight is 347 g/mol. The molecule has 0 spiro atoms. The number of carbonyl (C=O) groups excluding carboxylic acids is 1. The number of carboxylic acids is 1. The van der Waals surface area contributed by atoms with Crippen molar-refractivity contribution in [3.05, 3.63) is 52.5 Å². The van der Waals surface area contributed by atoms with Crippen molar-refractivity contribution in [2.75, 3.05) is 5.75 Å². The van der Waals surface area contributed by atoms with Crippen LogP contribution in [0.4, 0.5) is 0 Å². The summed E-state index contributed by atoms with van der Waals surface area (Å²) in [6, 6.07) is 7.71. The van der Waals surface area contributed by atoms with Gasteiger partial charge in [-0.15, -0.1) is 11.8 Å². The lowest BCUT2D eigenvalue weighted by atomic mass is 10.1. The van der Waals surface area contributed by atoms with Gasteiger partial charge in [-0.3, -0.25) is 4.79 Å². The lowest BCUT2D eigenvalue weighted by Crippen LogP contribution is -2.22. The number of benzene rings is 1. The van der Waals surface area contributed by atoms with Gasteiger partial charge in [0.25, 0.3) is 0 Å². The van der Waals surface area contributed by atoms with Gasteiger partial charge in [0.2, 0.25) is 5.91 Å². The molecule has 0 bridgehead atoms. The summed E-state index contributed by atoms with van der Waals surface area (Å²) in [5.41, 5.74) is 2.63. The fourth-order valence-corrected chi connectivity index (χ4v) is 3.13. The van der Waals surface area contributed by atoms with Crippen LogP contribution in [-0.2, 0) is 11.3 Å². The molecular formula is C18H21NO4S. The van der Waals surface area contributed by atoms with Gasteiger partial charge >= 0.3 is 5.97 Å². The molecule has 128 valence electrons. The molecule has 1 aromatic heterocycles. The zero-order valence-corrected chi connectivity index (χ0v) is 14.8. The van der Waals surface area contributed by atoms with Gasteiger partial charge in [-0.05, 0) is 50.1 Å². The number of carbonyl (C=O) groups is 2. The Kier molecular flexibility index (Phi) is 6.09. The molecule has 2 aromatic rings. The molecule has 2 N–H and O–H groups in total. The third-order valence-electron chi connectivity index (χ3n) is 3.74. The molecule has 5 nitrogen and oxygen atoms in total. The molecular weight excluding hydrogens is 326 g/mol. The first-order valence-corrected chi connectivity index (χ1v) is 8.64. The summed E-state index contributed by atoms with van der Waals surface area (Å²) < 4.78 is 5.32. The Morgan fingerprint density at radius 2 is 1.92 bits per heavy atom. The van der Waals surface area contributed by atoms with E-state index in [1.165, 1.54) is 17.2 Å². The van der Waals surface area contributed by atoms with Crippen molar-refractivity contribution in [2.45, 2.75) is 38.6 Å². The summed E-state index contributed by atoms with van der Waals surface area (Å²) in [4.78, 5) is 24.0. The zero-order chi connectivity index (χ0) is 17.7. The van der Waals surface area contributed by atoms with Gasteiger partial charge < -0.3 is 14.8 Å². The molecule has 0 aliphatic heterocycles. The quantitative estimate of drug-likeness (QED) is 0.747. The molecule has 0 atom stereocenters. The van der Waals surface area contributed by atoms with E-state index in [4.69, 9.17) is 9.52 Å². The molecule has 0 aliphatic rings. The number of aryl methyl sites for hydroxylation is 3. The Bertz CT molecular complexity index is 751. The monoisotopic (exact) mass is 347 g/mol. The predicted octanol–water partition coefficient (Wildman–Crippen LogP) is 3.70. The molecule has 0 saturated carbocycles. The van der Waals surface area contributed by atoms with Crippen LogP contribution in [0.1, 0.15) is 39.4 Å². The second-order valence-electron chi connectivity index (χ2n) is 5.61. The van der Waals surface area contributed by atoms with Crippen LogP contribution >= 0.6 is 11.8 Å². The highest BCUT2D eigenvalue weighted by Crippen LogP contribution is 2.21. The van der Waals surface area contributed by atoms with Crippen molar-refractivity contribution in [1.29, 1.82) is 0 Å². The number of hydrogen-bond donors (Lipinski definition) is 2. The van der Waals surface area contributed by atoms with Crippen molar-refractivity contribution in [3.8, 4) is 0 Å². The summed E-state index contributed by atoms with van der Waals surface area (Å²) in [5, 5.41) is 11.7. The van der Waals surface area contributed by atoms with E-state index in [9.17, 15) is 9.59 Å². The lowest BCUT2D eigenvalue weighted by Gasteiger charge is -2.06. The molecule has 1 amide bonds. The highest BCUT2D eigenvalue weighted by Gasteiger charge is 2.14. The van der Waals surface area contributed by atoms with E-state index in [-0.39, 0.29) is 18.0 Å². The van der Waals surface area contributed by atoms with Gasteiger partial charge in [0.1, 0.15) is 17.1 Å².